The van der Waals surface area contributed by atoms with E-state index < -0.39 is 40.9 Å². The number of halogens is 4. The first-order valence-electron chi connectivity index (χ1n) is 5.98. The molecule has 0 radical (unpaired) electrons. The van der Waals surface area contributed by atoms with E-state index in [0.29, 0.717) is 6.07 Å². The molecule has 0 heterocycles. The molecule has 21 heavy (non-hydrogen) atoms. The molecule has 1 aromatic rings. The van der Waals surface area contributed by atoms with Crippen LogP contribution in [0.1, 0.15) is 29.3 Å². The van der Waals surface area contributed by atoms with Gasteiger partial charge in [-0.3, -0.25) is 9.59 Å². The van der Waals surface area contributed by atoms with E-state index in [1.807, 2.05) is 0 Å². The number of aliphatic carboxylic acids is 1. The number of carbonyl (C=O) groups is 2. The van der Waals surface area contributed by atoms with E-state index >= 15 is 0 Å². The maximum Gasteiger partial charge on any atom is 0.419 e. The highest BCUT2D eigenvalue weighted by Crippen LogP contribution is 2.32. The Labute approximate surface area is 117 Å². The largest absolute Gasteiger partial charge is 0.481 e. The molecule has 2 N–H and O–H groups in total. The fraction of sp³-hybridized carbons (Fsp3) is 0.385. The number of hydrogen-bond acceptors (Lipinski definition) is 2. The number of benzene rings is 1. The van der Waals surface area contributed by atoms with Gasteiger partial charge in [0.15, 0.2) is 0 Å². The molecule has 0 aliphatic carbocycles. The molecule has 1 atom stereocenters. The van der Waals surface area contributed by atoms with Crippen molar-refractivity contribution in [1.82, 2.24) is 5.32 Å². The third-order valence-electron chi connectivity index (χ3n) is 2.68. The van der Waals surface area contributed by atoms with Crippen LogP contribution in [0, 0.1) is 11.7 Å². The number of alkyl halides is 3. The molecular formula is C13H13F4NO3. The molecule has 8 heteroatoms. The van der Waals surface area contributed by atoms with Gasteiger partial charge in [0.05, 0.1) is 11.1 Å². The van der Waals surface area contributed by atoms with Gasteiger partial charge in [-0.2, -0.15) is 13.2 Å². The van der Waals surface area contributed by atoms with Gasteiger partial charge in [0, 0.05) is 13.0 Å². The van der Waals surface area contributed by atoms with E-state index in [1.165, 1.54) is 6.92 Å². The average molecular weight is 307 g/mol. The lowest BCUT2D eigenvalue weighted by molar-refractivity contribution is -0.140. The third kappa shape index (κ3) is 4.73. The minimum Gasteiger partial charge on any atom is -0.481 e. The Hall–Kier alpha value is -2.12. The monoisotopic (exact) mass is 307 g/mol. The van der Waals surface area contributed by atoms with Crippen molar-refractivity contribution in [2.24, 2.45) is 5.92 Å². The summed E-state index contributed by atoms with van der Waals surface area (Å²) in [6.07, 6.45) is -5.11. The van der Waals surface area contributed by atoms with Gasteiger partial charge in [0.25, 0.3) is 5.91 Å². The number of nitrogens with one attached hydrogen (secondary N) is 1. The van der Waals surface area contributed by atoms with Crippen molar-refractivity contribution in [3.63, 3.8) is 0 Å². The van der Waals surface area contributed by atoms with Crippen molar-refractivity contribution in [2.45, 2.75) is 19.5 Å². The smallest absolute Gasteiger partial charge is 0.419 e. The lowest BCUT2D eigenvalue weighted by atomic mass is 10.1. The lowest BCUT2D eigenvalue weighted by Gasteiger charge is -2.13. The van der Waals surface area contributed by atoms with Crippen molar-refractivity contribution in [2.75, 3.05) is 6.54 Å². The molecule has 116 valence electrons. The summed E-state index contributed by atoms with van der Waals surface area (Å²) in [5.41, 5.74) is -2.25. The Morgan fingerprint density at radius 1 is 1.33 bits per heavy atom. The minimum atomic E-state index is -4.89. The molecule has 1 amide bonds. The van der Waals surface area contributed by atoms with E-state index in [0.717, 1.165) is 12.1 Å². The molecule has 4 nitrogen and oxygen atoms in total. The highest BCUT2D eigenvalue weighted by Gasteiger charge is 2.35. The van der Waals surface area contributed by atoms with Crippen LogP contribution in [0.4, 0.5) is 17.6 Å². The van der Waals surface area contributed by atoms with Gasteiger partial charge in [0.2, 0.25) is 0 Å². The van der Waals surface area contributed by atoms with Gasteiger partial charge in [0.1, 0.15) is 5.82 Å². The van der Waals surface area contributed by atoms with E-state index in [-0.39, 0.29) is 13.0 Å². The number of amides is 1. The molecule has 0 saturated heterocycles. The quantitative estimate of drug-likeness (QED) is 0.822. The summed E-state index contributed by atoms with van der Waals surface area (Å²) in [6, 6.07) is 2.41. The summed E-state index contributed by atoms with van der Waals surface area (Å²) < 4.78 is 51.2. The zero-order valence-corrected chi connectivity index (χ0v) is 11.0. The maximum absolute atomic E-state index is 13.7. The zero-order valence-electron chi connectivity index (χ0n) is 11.0. The Morgan fingerprint density at radius 3 is 2.48 bits per heavy atom. The molecule has 0 spiro atoms. The average Bonchev–Trinajstić information content (AvgIpc) is 2.34. The molecule has 1 unspecified atom stereocenters. The van der Waals surface area contributed by atoms with Crippen LogP contribution in [-0.2, 0) is 11.0 Å². The van der Waals surface area contributed by atoms with Crippen molar-refractivity contribution in [3.05, 3.63) is 35.1 Å². The van der Waals surface area contributed by atoms with Crippen LogP contribution >= 0.6 is 0 Å². The Bertz CT molecular complexity index is 543. The standard InChI is InChI=1S/C13H13F4NO3/c1-7(5-10(19)20)6-18-12(21)8-3-2-4-9(11(8)14)13(15,16)17/h2-4,7H,5-6H2,1H3,(H,18,21)(H,19,20). The molecule has 0 fully saturated rings. The number of carbonyl (C=O) groups excluding carboxylic acids is 1. The second kappa shape index (κ2) is 6.55. The molecular weight excluding hydrogens is 294 g/mol. The normalized spacial score (nSPS) is 12.8. The molecule has 0 aromatic heterocycles. The lowest BCUT2D eigenvalue weighted by Crippen LogP contribution is -2.30. The first kappa shape index (κ1) is 16.9. The van der Waals surface area contributed by atoms with E-state index in [9.17, 15) is 27.2 Å². The number of hydrogen-bond donors (Lipinski definition) is 2. The summed E-state index contributed by atoms with van der Waals surface area (Å²) >= 11 is 0. The van der Waals surface area contributed by atoms with Crippen LogP contribution in [0.5, 0.6) is 0 Å². The summed E-state index contributed by atoms with van der Waals surface area (Å²) in [7, 11) is 0. The van der Waals surface area contributed by atoms with Crippen molar-refractivity contribution >= 4 is 11.9 Å². The second-order valence-corrected chi connectivity index (χ2v) is 4.58. The van der Waals surface area contributed by atoms with Gasteiger partial charge in [-0.05, 0) is 18.1 Å². The fourth-order valence-electron chi connectivity index (χ4n) is 1.66. The van der Waals surface area contributed by atoms with Gasteiger partial charge >= 0.3 is 12.1 Å². The van der Waals surface area contributed by atoms with Crippen LogP contribution in [0.2, 0.25) is 0 Å². The van der Waals surface area contributed by atoms with E-state index in [2.05, 4.69) is 5.32 Å². The van der Waals surface area contributed by atoms with Crippen molar-refractivity contribution < 1.29 is 32.3 Å². The van der Waals surface area contributed by atoms with Crippen LogP contribution in [-0.4, -0.2) is 23.5 Å². The summed E-state index contributed by atoms with van der Waals surface area (Å²) in [5.74, 6) is -4.16. The molecule has 0 aliphatic heterocycles. The van der Waals surface area contributed by atoms with Crippen molar-refractivity contribution in [3.8, 4) is 0 Å². The van der Waals surface area contributed by atoms with Crippen LogP contribution < -0.4 is 5.32 Å². The Morgan fingerprint density at radius 2 is 1.95 bits per heavy atom. The molecule has 0 bridgehead atoms. The second-order valence-electron chi connectivity index (χ2n) is 4.58. The highest BCUT2D eigenvalue weighted by molar-refractivity contribution is 5.94. The molecule has 1 aromatic carbocycles. The number of carboxylic acid groups (broad SMARTS) is 1. The topological polar surface area (TPSA) is 66.4 Å². The van der Waals surface area contributed by atoms with Gasteiger partial charge in [-0.15, -0.1) is 0 Å². The highest BCUT2D eigenvalue weighted by atomic mass is 19.4. The number of carboxylic acids is 1. The van der Waals surface area contributed by atoms with Gasteiger partial charge < -0.3 is 10.4 Å². The molecule has 0 saturated carbocycles. The molecule has 1 rings (SSSR count). The summed E-state index contributed by atoms with van der Waals surface area (Å²) in [5, 5.41) is 10.8. The van der Waals surface area contributed by atoms with Gasteiger partial charge in [-0.25, -0.2) is 4.39 Å². The minimum absolute atomic E-state index is 0.0825. The first-order valence-corrected chi connectivity index (χ1v) is 5.98. The fourth-order valence-corrected chi connectivity index (χ4v) is 1.66. The zero-order chi connectivity index (χ0) is 16.2. The van der Waals surface area contributed by atoms with Crippen LogP contribution in [0.3, 0.4) is 0 Å². The third-order valence-corrected chi connectivity index (χ3v) is 2.68. The van der Waals surface area contributed by atoms with Gasteiger partial charge in [-0.1, -0.05) is 13.0 Å². The Kier molecular flexibility index (Phi) is 5.28. The summed E-state index contributed by atoms with van der Waals surface area (Å²) in [4.78, 5) is 22.1. The first-order chi connectivity index (χ1) is 9.62. The SMILES string of the molecule is CC(CNC(=O)c1cccc(C(F)(F)F)c1F)CC(=O)O. The number of rotatable bonds is 5. The predicted octanol–water partition coefficient (Wildman–Crippen LogP) is 2.69. The van der Waals surface area contributed by atoms with Crippen molar-refractivity contribution in [1.29, 1.82) is 0 Å². The molecule has 0 aliphatic rings. The van der Waals surface area contributed by atoms with E-state index in [1.54, 1.807) is 0 Å². The summed E-state index contributed by atoms with van der Waals surface area (Å²) in [6.45, 7) is 1.46. The maximum atomic E-state index is 13.7. The van der Waals surface area contributed by atoms with Crippen LogP contribution in [0.15, 0.2) is 18.2 Å². The predicted molar refractivity (Wildman–Crippen MR) is 65.2 cm³/mol. The van der Waals surface area contributed by atoms with Crippen LogP contribution in [0.25, 0.3) is 0 Å². The Balaban J connectivity index is 2.82. The van der Waals surface area contributed by atoms with E-state index in [4.69, 9.17) is 5.11 Å².